The highest BCUT2D eigenvalue weighted by Gasteiger charge is 2.11. The highest BCUT2D eigenvalue weighted by atomic mass is 35.5. The number of benzene rings is 2. The number of phenols is 1. The topological polar surface area (TPSA) is 50.4 Å². The summed E-state index contributed by atoms with van der Waals surface area (Å²) in [7, 11) is 0. The fourth-order valence-electron chi connectivity index (χ4n) is 2.07. The van der Waals surface area contributed by atoms with Gasteiger partial charge in [-0.25, -0.2) is 0 Å². The van der Waals surface area contributed by atoms with Crippen LogP contribution in [0.1, 0.15) is 5.56 Å². The second-order valence-corrected chi connectivity index (χ2v) is 5.05. The Kier molecular flexibility index (Phi) is 2.99. The van der Waals surface area contributed by atoms with Crippen molar-refractivity contribution in [2.45, 2.75) is 6.92 Å². The van der Waals surface area contributed by atoms with Crippen LogP contribution in [0, 0.1) is 6.92 Å². The van der Waals surface area contributed by atoms with Crippen molar-refractivity contribution < 1.29 is 9.52 Å². The normalized spacial score (nSPS) is 10.9. The zero-order valence-electron chi connectivity index (χ0n) is 10.7. The number of aryl methyl sites for hydroxylation is 1. The highest BCUT2D eigenvalue weighted by molar-refractivity contribution is 6.32. The van der Waals surface area contributed by atoms with Gasteiger partial charge in [-0.2, -0.15) is 0 Å². The molecule has 3 nitrogen and oxygen atoms in total. The number of hydrogen-bond acceptors (Lipinski definition) is 3. The first-order chi connectivity index (χ1) is 9.56. The summed E-state index contributed by atoms with van der Waals surface area (Å²) in [5.41, 5.74) is 2.52. The Morgan fingerprint density at radius 1 is 1.15 bits per heavy atom. The summed E-state index contributed by atoms with van der Waals surface area (Å²) in [6.45, 7) is 1.98. The summed E-state index contributed by atoms with van der Waals surface area (Å²) in [5.74, 6) is -0.106. The minimum Gasteiger partial charge on any atom is -0.506 e. The molecule has 100 valence electrons. The van der Waals surface area contributed by atoms with Crippen molar-refractivity contribution in [2.75, 3.05) is 0 Å². The van der Waals surface area contributed by atoms with Crippen LogP contribution in [0.3, 0.4) is 0 Å². The van der Waals surface area contributed by atoms with Gasteiger partial charge in [-0.05, 0) is 18.6 Å². The maximum atomic E-state index is 12.5. The number of fused-ring (bicyclic) bond motifs is 1. The highest BCUT2D eigenvalue weighted by Crippen LogP contribution is 2.29. The molecule has 2 aromatic carbocycles. The molecule has 0 bridgehead atoms. The molecule has 1 N–H and O–H groups in total. The van der Waals surface area contributed by atoms with E-state index in [2.05, 4.69) is 0 Å². The van der Waals surface area contributed by atoms with Crippen LogP contribution in [0.4, 0.5) is 0 Å². The first-order valence-electron chi connectivity index (χ1n) is 6.07. The molecule has 0 spiro atoms. The van der Waals surface area contributed by atoms with Gasteiger partial charge in [0, 0.05) is 6.07 Å². The molecule has 0 unspecified atom stereocenters. The van der Waals surface area contributed by atoms with Gasteiger partial charge in [0.2, 0.25) is 5.43 Å². The van der Waals surface area contributed by atoms with E-state index in [1.807, 2.05) is 31.2 Å². The van der Waals surface area contributed by atoms with Crippen LogP contribution >= 0.6 is 11.6 Å². The maximum absolute atomic E-state index is 12.5. The third-order valence-corrected chi connectivity index (χ3v) is 3.51. The summed E-state index contributed by atoms with van der Waals surface area (Å²) in [4.78, 5) is 12.5. The van der Waals surface area contributed by atoms with Crippen molar-refractivity contribution in [1.82, 2.24) is 0 Å². The van der Waals surface area contributed by atoms with Crippen LogP contribution in [0.15, 0.2) is 51.9 Å². The van der Waals surface area contributed by atoms with Gasteiger partial charge in [0.1, 0.15) is 17.6 Å². The molecular formula is C16H11ClO3. The Morgan fingerprint density at radius 3 is 2.55 bits per heavy atom. The lowest BCUT2D eigenvalue weighted by Crippen LogP contribution is -2.04. The van der Waals surface area contributed by atoms with Gasteiger partial charge in [-0.1, -0.05) is 41.4 Å². The van der Waals surface area contributed by atoms with Gasteiger partial charge in [-0.15, -0.1) is 0 Å². The molecule has 20 heavy (non-hydrogen) atoms. The van der Waals surface area contributed by atoms with E-state index in [1.54, 1.807) is 0 Å². The number of aromatic hydroxyl groups is 1. The molecule has 3 aromatic rings. The molecular weight excluding hydrogens is 276 g/mol. The van der Waals surface area contributed by atoms with Crippen LogP contribution < -0.4 is 5.43 Å². The molecule has 1 aromatic heterocycles. The Morgan fingerprint density at radius 2 is 1.85 bits per heavy atom. The van der Waals surface area contributed by atoms with Crippen molar-refractivity contribution in [3.05, 3.63) is 63.5 Å². The smallest absolute Gasteiger partial charge is 0.200 e. The molecule has 0 fully saturated rings. The van der Waals surface area contributed by atoms with Crippen LogP contribution in [0.2, 0.25) is 5.02 Å². The minimum atomic E-state index is -0.169. The van der Waals surface area contributed by atoms with Crippen molar-refractivity contribution in [3.8, 4) is 16.9 Å². The van der Waals surface area contributed by atoms with Gasteiger partial charge in [0.05, 0.1) is 16.0 Å². The molecule has 0 amide bonds. The van der Waals surface area contributed by atoms with Crippen LogP contribution in [0.25, 0.3) is 22.1 Å². The van der Waals surface area contributed by atoms with E-state index < -0.39 is 0 Å². The predicted molar refractivity (Wildman–Crippen MR) is 79.3 cm³/mol. The Labute approximate surface area is 120 Å². The van der Waals surface area contributed by atoms with E-state index >= 15 is 0 Å². The Hall–Kier alpha value is -2.26. The van der Waals surface area contributed by atoms with E-state index in [0.29, 0.717) is 16.5 Å². The first-order valence-corrected chi connectivity index (χ1v) is 6.45. The van der Waals surface area contributed by atoms with Crippen molar-refractivity contribution in [1.29, 1.82) is 0 Å². The lowest BCUT2D eigenvalue weighted by Gasteiger charge is -2.04. The van der Waals surface area contributed by atoms with E-state index in [1.165, 1.54) is 18.4 Å². The predicted octanol–water partition coefficient (Wildman–Crippen LogP) is 4.13. The lowest BCUT2D eigenvalue weighted by molar-refractivity contribution is 0.474. The third-order valence-electron chi connectivity index (χ3n) is 3.20. The molecule has 0 aliphatic rings. The molecule has 0 aliphatic carbocycles. The molecule has 4 heteroatoms. The number of hydrogen-bond donors (Lipinski definition) is 1. The van der Waals surface area contributed by atoms with E-state index in [9.17, 15) is 9.90 Å². The van der Waals surface area contributed by atoms with E-state index in [0.717, 1.165) is 11.1 Å². The standard InChI is InChI=1S/C16H11ClO3/c1-9-2-4-10(5-3-9)12-8-20-15-7-14(18)13(17)6-11(15)16(12)19/h2-8,18H,1H3. The fourth-order valence-corrected chi connectivity index (χ4v) is 2.23. The van der Waals surface area contributed by atoms with E-state index in [-0.39, 0.29) is 16.2 Å². The Bertz CT molecular complexity index is 848. The summed E-state index contributed by atoms with van der Waals surface area (Å²) >= 11 is 5.85. The largest absolute Gasteiger partial charge is 0.506 e. The monoisotopic (exact) mass is 286 g/mol. The average molecular weight is 287 g/mol. The quantitative estimate of drug-likeness (QED) is 0.732. The fraction of sp³-hybridized carbons (Fsp3) is 0.0625. The molecule has 0 radical (unpaired) electrons. The number of halogens is 1. The minimum absolute atomic E-state index is 0.106. The first kappa shape index (κ1) is 12.8. The van der Waals surface area contributed by atoms with Gasteiger partial charge >= 0.3 is 0 Å². The van der Waals surface area contributed by atoms with Crippen molar-refractivity contribution in [3.63, 3.8) is 0 Å². The molecule has 1 heterocycles. The molecule has 0 saturated carbocycles. The second-order valence-electron chi connectivity index (χ2n) is 4.64. The van der Waals surface area contributed by atoms with Crippen molar-refractivity contribution >= 4 is 22.6 Å². The number of rotatable bonds is 1. The van der Waals surface area contributed by atoms with E-state index in [4.69, 9.17) is 16.0 Å². The van der Waals surface area contributed by atoms with Gasteiger partial charge in [0.25, 0.3) is 0 Å². The van der Waals surface area contributed by atoms with Gasteiger partial charge in [0.15, 0.2) is 0 Å². The van der Waals surface area contributed by atoms with Crippen LogP contribution in [-0.2, 0) is 0 Å². The summed E-state index contributed by atoms with van der Waals surface area (Å²) in [6, 6.07) is 10.4. The van der Waals surface area contributed by atoms with Crippen molar-refractivity contribution in [2.24, 2.45) is 0 Å². The van der Waals surface area contributed by atoms with Gasteiger partial charge in [-0.3, -0.25) is 4.79 Å². The molecule has 0 aliphatic heterocycles. The second kappa shape index (κ2) is 4.69. The summed E-state index contributed by atoms with van der Waals surface area (Å²) < 4.78 is 5.43. The van der Waals surface area contributed by atoms with Gasteiger partial charge < -0.3 is 9.52 Å². The maximum Gasteiger partial charge on any atom is 0.200 e. The van der Waals surface area contributed by atoms with Crippen LogP contribution in [0.5, 0.6) is 5.75 Å². The lowest BCUT2D eigenvalue weighted by atomic mass is 10.0. The SMILES string of the molecule is Cc1ccc(-c2coc3cc(O)c(Cl)cc3c2=O)cc1. The third kappa shape index (κ3) is 2.06. The van der Waals surface area contributed by atoms with Crippen LogP contribution in [-0.4, -0.2) is 5.11 Å². The molecule has 3 rings (SSSR count). The number of phenolic OH excluding ortho intramolecular Hbond substituents is 1. The molecule has 0 saturated heterocycles. The zero-order valence-corrected chi connectivity index (χ0v) is 11.4. The summed E-state index contributed by atoms with van der Waals surface area (Å²) in [5, 5.41) is 10.0. The average Bonchev–Trinajstić information content (AvgIpc) is 2.43. The zero-order chi connectivity index (χ0) is 14.3. The summed E-state index contributed by atoms with van der Waals surface area (Å²) in [6.07, 6.45) is 1.41. The Balaban J connectivity index is 2.28. The molecule has 0 atom stereocenters.